The van der Waals surface area contributed by atoms with Gasteiger partial charge >= 0.3 is 0 Å². The Bertz CT molecular complexity index is 1240. The van der Waals surface area contributed by atoms with Gasteiger partial charge in [-0.15, -0.1) is 0 Å². The number of sulfone groups is 1. The molecule has 9 heteroatoms. The minimum Gasteiger partial charge on any atom is -0.461 e. The molecule has 0 spiro atoms. The van der Waals surface area contributed by atoms with E-state index in [2.05, 4.69) is 4.98 Å². The van der Waals surface area contributed by atoms with Gasteiger partial charge in [0.15, 0.2) is 5.78 Å². The van der Waals surface area contributed by atoms with Gasteiger partial charge in [-0.1, -0.05) is 6.92 Å². The lowest BCUT2D eigenvalue weighted by atomic mass is 9.78. The highest BCUT2D eigenvalue weighted by molar-refractivity contribution is 7.91. The fourth-order valence-corrected chi connectivity index (χ4v) is 6.43. The molecule has 2 aliphatic heterocycles. The van der Waals surface area contributed by atoms with Crippen LogP contribution in [0.2, 0.25) is 0 Å². The van der Waals surface area contributed by atoms with E-state index in [1.54, 1.807) is 32.0 Å². The molecule has 1 unspecified atom stereocenters. The van der Waals surface area contributed by atoms with E-state index in [9.17, 15) is 22.4 Å². The second-order valence-electron chi connectivity index (χ2n) is 10.1. The first-order valence-electron chi connectivity index (χ1n) is 11.3. The number of pyridine rings is 1. The van der Waals surface area contributed by atoms with Crippen LogP contribution in [0.15, 0.2) is 36.5 Å². The number of nitrogens with zero attached hydrogens (tertiary/aromatic N) is 2. The summed E-state index contributed by atoms with van der Waals surface area (Å²) in [6.45, 7) is 6.81. The van der Waals surface area contributed by atoms with E-state index in [4.69, 9.17) is 4.74 Å². The van der Waals surface area contributed by atoms with Crippen LogP contribution in [0.4, 0.5) is 15.9 Å². The normalized spacial score (nSPS) is 21.1. The Morgan fingerprint density at radius 1 is 1.18 bits per heavy atom. The number of anilines is 2. The number of halogens is 1. The van der Waals surface area contributed by atoms with Gasteiger partial charge in [0.05, 0.1) is 22.6 Å². The number of carbonyl (C=O) groups is 2. The van der Waals surface area contributed by atoms with Gasteiger partial charge in [-0.25, -0.2) is 17.8 Å². The molecule has 0 N–H and O–H groups in total. The van der Waals surface area contributed by atoms with Crippen molar-refractivity contribution in [3.8, 4) is 5.75 Å². The van der Waals surface area contributed by atoms with E-state index >= 15 is 0 Å². The number of ketones is 1. The molecule has 0 saturated carbocycles. The van der Waals surface area contributed by atoms with Gasteiger partial charge in [0.1, 0.15) is 21.4 Å². The number of alkyl halides is 1. The molecule has 2 aromatic rings. The van der Waals surface area contributed by atoms with Gasteiger partial charge in [-0.2, -0.15) is 0 Å². The molecule has 34 heavy (non-hydrogen) atoms. The third kappa shape index (κ3) is 4.58. The molecule has 1 amide bonds. The fraction of sp³-hybridized carbons (Fsp3) is 0.480. The van der Waals surface area contributed by atoms with Crippen molar-refractivity contribution in [2.45, 2.75) is 58.7 Å². The van der Waals surface area contributed by atoms with E-state index in [0.29, 0.717) is 35.5 Å². The van der Waals surface area contributed by atoms with E-state index in [1.807, 2.05) is 6.92 Å². The summed E-state index contributed by atoms with van der Waals surface area (Å²) in [6.07, 6.45) is 1.13. The van der Waals surface area contributed by atoms with Crippen LogP contribution in [0, 0.1) is 5.41 Å². The summed E-state index contributed by atoms with van der Waals surface area (Å²) >= 11 is 0. The van der Waals surface area contributed by atoms with Crippen molar-refractivity contribution in [3.63, 3.8) is 0 Å². The zero-order valence-corrected chi connectivity index (χ0v) is 20.6. The van der Waals surface area contributed by atoms with Crippen LogP contribution in [0.3, 0.4) is 0 Å². The molecular formula is C25H29FN2O5S. The number of aromatic nitrogens is 1. The molecule has 2 aliphatic rings. The summed E-state index contributed by atoms with van der Waals surface area (Å²) < 4.78 is 42.0. The third-order valence-corrected chi connectivity index (χ3v) is 8.49. The predicted molar refractivity (Wildman–Crippen MR) is 127 cm³/mol. The minimum absolute atomic E-state index is 0.0725. The maximum Gasteiger partial charge on any atom is 0.242 e. The Kier molecular flexibility index (Phi) is 6.04. The number of hydrogen-bond acceptors (Lipinski definition) is 6. The quantitative estimate of drug-likeness (QED) is 0.555. The van der Waals surface area contributed by atoms with Crippen molar-refractivity contribution in [1.29, 1.82) is 0 Å². The van der Waals surface area contributed by atoms with Crippen molar-refractivity contribution in [2.75, 3.05) is 16.4 Å². The van der Waals surface area contributed by atoms with Crippen molar-refractivity contribution >= 4 is 33.0 Å². The Balaban J connectivity index is 1.63. The fourth-order valence-electron chi connectivity index (χ4n) is 4.62. The number of amides is 1. The molecular weight excluding hydrogens is 459 g/mol. The number of Topliss-reactive ketones (excluding diaryl/α,β-unsaturated/α-hetero) is 1. The predicted octanol–water partition coefficient (Wildman–Crippen LogP) is 4.52. The van der Waals surface area contributed by atoms with Gasteiger partial charge in [0, 0.05) is 31.2 Å². The second-order valence-corrected chi connectivity index (χ2v) is 12.4. The Labute approximate surface area is 199 Å². The van der Waals surface area contributed by atoms with Gasteiger partial charge in [0.2, 0.25) is 12.3 Å². The average molecular weight is 489 g/mol. The van der Waals surface area contributed by atoms with E-state index < -0.39 is 21.6 Å². The first-order valence-corrected chi connectivity index (χ1v) is 13.1. The number of ether oxygens (including phenoxy) is 1. The topological polar surface area (TPSA) is 93.6 Å². The van der Waals surface area contributed by atoms with Gasteiger partial charge in [-0.3, -0.25) is 14.5 Å². The Hall–Kier alpha value is -2.81. The number of carbonyl (C=O) groups excluding carboxylic acids is 2. The number of rotatable bonds is 6. The van der Waals surface area contributed by atoms with E-state index in [1.165, 1.54) is 30.2 Å². The monoisotopic (exact) mass is 488 g/mol. The van der Waals surface area contributed by atoms with Crippen molar-refractivity contribution in [2.24, 2.45) is 5.41 Å². The summed E-state index contributed by atoms with van der Waals surface area (Å²) in [4.78, 5) is 32.3. The van der Waals surface area contributed by atoms with Gasteiger partial charge in [0.25, 0.3) is 0 Å². The number of fused-ring (bicyclic) bond motifs is 1. The van der Waals surface area contributed by atoms with Crippen LogP contribution >= 0.6 is 0 Å². The molecule has 1 aromatic heterocycles. The first kappa shape index (κ1) is 24.3. The minimum atomic E-state index is -3.02. The van der Waals surface area contributed by atoms with Crippen molar-refractivity contribution in [3.05, 3.63) is 47.7 Å². The maximum atomic E-state index is 13.4. The standard InChI is InChI=1S/C25H29FN2O5S/c1-16(26)33-18-7-10-27-22(14-18)28-20-6-5-17(13-19(20)24(2,3)23(28)30)21(29)15-25(4)8-11-34(31,32)12-9-25/h5-7,10,13-14,16H,8-9,11-12,15H2,1-4H3. The van der Waals surface area contributed by atoms with Crippen LogP contribution in [0.5, 0.6) is 5.75 Å². The lowest BCUT2D eigenvalue weighted by molar-refractivity contribution is -0.121. The molecule has 0 aliphatic carbocycles. The molecule has 7 nitrogen and oxygen atoms in total. The van der Waals surface area contributed by atoms with Crippen LogP contribution in [0.1, 0.15) is 62.9 Å². The zero-order chi connectivity index (χ0) is 24.9. The SMILES string of the molecule is CC(F)Oc1ccnc(N2C(=O)C(C)(C)c3cc(C(=O)CC4(C)CCS(=O)(=O)CC4)ccc32)c1. The highest BCUT2D eigenvalue weighted by Gasteiger charge is 2.45. The molecule has 3 heterocycles. The second kappa shape index (κ2) is 8.45. The van der Waals surface area contributed by atoms with Crippen LogP contribution in [0.25, 0.3) is 0 Å². The van der Waals surface area contributed by atoms with Crippen LogP contribution < -0.4 is 9.64 Å². The highest BCUT2D eigenvalue weighted by atomic mass is 32.2. The maximum absolute atomic E-state index is 13.4. The van der Waals surface area contributed by atoms with Crippen molar-refractivity contribution in [1.82, 2.24) is 4.98 Å². The highest BCUT2D eigenvalue weighted by Crippen LogP contribution is 2.46. The zero-order valence-electron chi connectivity index (χ0n) is 19.8. The third-order valence-electron chi connectivity index (χ3n) is 6.84. The van der Waals surface area contributed by atoms with Gasteiger partial charge < -0.3 is 4.74 Å². The number of benzene rings is 1. The Morgan fingerprint density at radius 2 is 1.85 bits per heavy atom. The molecule has 1 fully saturated rings. The summed E-state index contributed by atoms with van der Waals surface area (Å²) in [5.41, 5.74) is 0.537. The smallest absolute Gasteiger partial charge is 0.242 e. The first-order chi connectivity index (χ1) is 15.8. The van der Waals surface area contributed by atoms with Gasteiger partial charge in [-0.05, 0) is 61.9 Å². The summed E-state index contributed by atoms with van der Waals surface area (Å²) in [6, 6.07) is 8.20. The molecule has 182 valence electrons. The van der Waals surface area contributed by atoms with Crippen LogP contribution in [-0.4, -0.2) is 43.0 Å². The molecule has 1 aromatic carbocycles. The van der Waals surface area contributed by atoms with E-state index in [0.717, 1.165) is 0 Å². The Morgan fingerprint density at radius 3 is 2.50 bits per heavy atom. The largest absolute Gasteiger partial charge is 0.461 e. The molecule has 0 bridgehead atoms. The number of hydrogen-bond donors (Lipinski definition) is 0. The molecule has 4 rings (SSSR count). The average Bonchev–Trinajstić information content (AvgIpc) is 2.95. The summed E-state index contributed by atoms with van der Waals surface area (Å²) in [5, 5.41) is 0. The van der Waals surface area contributed by atoms with E-state index in [-0.39, 0.29) is 40.8 Å². The summed E-state index contributed by atoms with van der Waals surface area (Å²) in [5.74, 6) is 0.493. The lowest BCUT2D eigenvalue weighted by Gasteiger charge is -2.32. The lowest BCUT2D eigenvalue weighted by Crippen LogP contribution is -2.33. The molecule has 1 saturated heterocycles. The van der Waals surface area contributed by atoms with Crippen LogP contribution in [-0.2, 0) is 20.0 Å². The summed E-state index contributed by atoms with van der Waals surface area (Å²) in [7, 11) is -3.02. The van der Waals surface area contributed by atoms with Crippen molar-refractivity contribution < 1.29 is 27.1 Å². The molecule has 0 radical (unpaired) electrons. The molecule has 1 atom stereocenters.